The Morgan fingerprint density at radius 1 is 1.38 bits per heavy atom. The molecule has 0 saturated carbocycles. The van der Waals surface area contributed by atoms with Gasteiger partial charge in [0.25, 0.3) is 5.56 Å². The summed E-state index contributed by atoms with van der Waals surface area (Å²) in [7, 11) is 0. The molecule has 0 amide bonds. The Morgan fingerprint density at radius 3 is 2.67 bits per heavy atom. The summed E-state index contributed by atoms with van der Waals surface area (Å²) in [6, 6.07) is 3.45. The normalized spacial score (nSPS) is 16.2. The van der Waals surface area contributed by atoms with Crippen molar-refractivity contribution in [3.05, 3.63) is 39.4 Å². The zero-order valence-electron chi connectivity index (χ0n) is 10.7. The number of rotatable bonds is 2. The first-order valence-corrected chi connectivity index (χ1v) is 6.72. The predicted octanol–water partition coefficient (Wildman–Crippen LogP) is 2.29. The molecule has 0 unspecified atom stereocenters. The van der Waals surface area contributed by atoms with E-state index in [0.717, 1.165) is 10.6 Å². The first-order valence-electron chi connectivity index (χ1n) is 6.35. The van der Waals surface area contributed by atoms with Crippen LogP contribution in [-0.2, 0) is 12.7 Å². The maximum atomic E-state index is 13.1. The molecule has 2 aromatic rings. The van der Waals surface area contributed by atoms with Crippen molar-refractivity contribution >= 4 is 22.5 Å². The molecule has 0 bridgehead atoms. The second-order valence-corrected chi connectivity index (χ2v) is 5.36. The van der Waals surface area contributed by atoms with Crippen molar-refractivity contribution in [3.63, 3.8) is 0 Å². The van der Waals surface area contributed by atoms with E-state index in [9.17, 15) is 18.0 Å². The largest absolute Gasteiger partial charge is 0.417 e. The molecule has 4 nitrogen and oxygen atoms in total. The van der Waals surface area contributed by atoms with Gasteiger partial charge < -0.3 is 5.32 Å². The van der Waals surface area contributed by atoms with E-state index < -0.39 is 22.7 Å². The van der Waals surface area contributed by atoms with Crippen molar-refractivity contribution in [2.45, 2.75) is 12.7 Å². The maximum Gasteiger partial charge on any atom is 0.417 e. The highest BCUT2D eigenvalue weighted by Gasteiger charge is 2.34. The van der Waals surface area contributed by atoms with Crippen LogP contribution in [0.4, 0.5) is 13.2 Å². The third-order valence-electron chi connectivity index (χ3n) is 3.55. The highest BCUT2D eigenvalue weighted by molar-refractivity contribution is 6.28. The van der Waals surface area contributed by atoms with Crippen LogP contribution in [0.3, 0.4) is 0 Å². The molecule has 1 aliphatic heterocycles. The number of hydrogen-bond donors (Lipinski definition) is 1. The van der Waals surface area contributed by atoms with Gasteiger partial charge in [0.1, 0.15) is 0 Å². The van der Waals surface area contributed by atoms with Gasteiger partial charge in [0, 0.05) is 25.6 Å². The molecule has 0 aliphatic carbocycles. The molecule has 1 fully saturated rings. The van der Waals surface area contributed by atoms with Crippen molar-refractivity contribution < 1.29 is 13.2 Å². The van der Waals surface area contributed by atoms with Gasteiger partial charge in [-0.1, -0.05) is 6.07 Å². The number of benzene rings is 1. The first kappa shape index (κ1) is 14.3. The van der Waals surface area contributed by atoms with Gasteiger partial charge in [-0.25, -0.2) is 4.98 Å². The summed E-state index contributed by atoms with van der Waals surface area (Å²) in [4.78, 5) is 16.3. The summed E-state index contributed by atoms with van der Waals surface area (Å²) >= 11 is 5.95. The van der Waals surface area contributed by atoms with Gasteiger partial charge in [-0.3, -0.25) is 9.36 Å². The number of hydrogen-bond acceptors (Lipinski definition) is 3. The Labute approximate surface area is 122 Å². The Hall–Kier alpha value is -1.60. The second-order valence-electron chi connectivity index (χ2n) is 5.02. The molecule has 8 heteroatoms. The molecule has 3 rings (SSSR count). The number of halogens is 4. The van der Waals surface area contributed by atoms with Crippen molar-refractivity contribution in [2.24, 2.45) is 5.92 Å². The molecule has 0 radical (unpaired) electrons. The first-order chi connectivity index (χ1) is 9.88. The Balaban J connectivity index is 2.23. The molecule has 1 aromatic carbocycles. The minimum atomic E-state index is -4.61. The topological polar surface area (TPSA) is 46.9 Å². The number of aromatic nitrogens is 2. The van der Waals surface area contributed by atoms with Crippen molar-refractivity contribution in [1.82, 2.24) is 14.9 Å². The van der Waals surface area contributed by atoms with Crippen LogP contribution in [0.5, 0.6) is 0 Å². The molecule has 1 N–H and O–H groups in total. The Kier molecular flexibility index (Phi) is 3.41. The van der Waals surface area contributed by atoms with Crippen LogP contribution >= 0.6 is 11.6 Å². The van der Waals surface area contributed by atoms with Crippen LogP contribution in [-0.4, -0.2) is 22.6 Å². The second kappa shape index (κ2) is 4.99. The molecular weight excluding hydrogens is 307 g/mol. The fraction of sp³-hybridized carbons (Fsp3) is 0.385. The van der Waals surface area contributed by atoms with Crippen molar-refractivity contribution in [2.75, 3.05) is 13.1 Å². The minimum absolute atomic E-state index is 0.0391. The highest BCUT2D eigenvalue weighted by Crippen LogP contribution is 2.33. The van der Waals surface area contributed by atoms with E-state index >= 15 is 0 Å². The molecule has 2 heterocycles. The average molecular weight is 318 g/mol. The van der Waals surface area contributed by atoms with Gasteiger partial charge in [-0.15, -0.1) is 0 Å². The standard InChI is InChI=1S/C13H11ClF3N3O/c14-12-19-9-3-1-2-8(13(15,16)17)10(9)11(21)20(12)6-7-4-18-5-7/h1-3,7,18H,4-6H2. The van der Waals surface area contributed by atoms with Crippen LogP contribution in [0.1, 0.15) is 5.56 Å². The summed E-state index contributed by atoms with van der Waals surface area (Å²) in [5, 5.41) is 2.52. The SMILES string of the molecule is O=c1c2c(C(F)(F)F)cccc2nc(Cl)n1CC1CNC1. The molecular formula is C13H11ClF3N3O. The molecule has 0 spiro atoms. The minimum Gasteiger partial charge on any atom is -0.316 e. The summed E-state index contributed by atoms with van der Waals surface area (Å²) < 4.78 is 40.3. The fourth-order valence-corrected chi connectivity index (χ4v) is 2.60. The zero-order chi connectivity index (χ0) is 15.2. The highest BCUT2D eigenvalue weighted by atomic mass is 35.5. The molecule has 0 atom stereocenters. The van der Waals surface area contributed by atoms with Gasteiger partial charge in [-0.2, -0.15) is 13.2 Å². The summed E-state index contributed by atoms with van der Waals surface area (Å²) in [5.74, 6) is 0.178. The third kappa shape index (κ3) is 2.51. The summed E-state index contributed by atoms with van der Waals surface area (Å²) in [5.41, 5.74) is -1.76. The molecule has 21 heavy (non-hydrogen) atoms. The van der Waals surface area contributed by atoms with Crippen LogP contribution in [0, 0.1) is 5.92 Å². The van der Waals surface area contributed by atoms with Gasteiger partial charge in [0.15, 0.2) is 0 Å². The molecule has 112 valence electrons. The van der Waals surface area contributed by atoms with Crippen molar-refractivity contribution in [3.8, 4) is 0 Å². The van der Waals surface area contributed by atoms with Crippen LogP contribution in [0.25, 0.3) is 10.9 Å². The van der Waals surface area contributed by atoms with E-state index in [2.05, 4.69) is 10.3 Å². The van der Waals surface area contributed by atoms with Crippen LogP contribution in [0.15, 0.2) is 23.0 Å². The lowest BCUT2D eigenvalue weighted by Crippen LogP contribution is -2.45. The average Bonchev–Trinajstić information content (AvgIpc) is 2.34. The van der Waals surface area contributed by atoms with Crippen LogP contribution in [0.2, 0.25) is 5.28 Å². The van der Waals surface area contributed by atoms with Gasteiger partial charge in [-0.05, 0) is 23.7 Å². The smallest absolute Gasteiger partial charge is 0.316 e. The fourth-order valence-electron chi connectivity index (χ4n) is 2.37. The monoisotopic (exact) mass is 317 g/mol. The van der Waals surface area contributed by atoms with Gasteiger partial charge >= 0.3 is 6.18 Å². The quantitative estimate of drug-likeness (QED) is 0.865. The number of nitrogens with zero attached hydrogens (tertiary/aromatic N) is 2. The zero-order valence-corrected chi connectivity index (χ0v) is 11.5. The van der Waals surface area contributed by atoms with E-state index in [0.29, 0.717) is 13.1 Å². The molecule has 1 aliphatic rings. The van der Waals surface area contributed by atoms with E-state index in [-0.39, 0.29) is 23.3 Å². The van der Waals surface area contributed by atoms with E-state index in [1.807, 2.05) is 0 Å². The van der Waals surface area contributed by atoms with Gasteiger partial charge in [0.2, 0.25) is 5.28 Å². The van der Waals surface area contributed by atoms with Crippen LogP contribution < -0.4 is 10.9 Å². The summed E-state index contributed by atoms with van der Waals surface area (Å²) in [6.45, 7) is 1.68. The maximum absolute atomic E-state index is 13.1. The van der Waals surface area contributed by atoms with E-state index in [1.165, 1.54) is 12.1 Å². The molecule has 1 saturated heterocycles. The lowest BCUT2D eigenvalue weighted by Gasteiger charge is -2.28. The third-order valence-corrected chi connectivity index (χ3v) is 3.84. The Morgan fingerprint density at radius 2 is 2.10 bits per heavy atom. The van der Waals surface area contributed by atoms with Crippen molar-refractivity contribution in [1.29, 1.82) is 0 Å². The Bertz CT molecular complexity index is 753. The number of nitrogens with one attached hydrogen (secondary N) is 1. The number of alkyl halides is 3. The number of fused-ring (bicyclic) bond motifs is 1. The predicted molar refractivity (Wildman–Crippen MR) is 72.4 cm³/mol. The van der Waals surface area contributed by atoms with E-state index in [4.69, 9.17) is 11.6 Å². The lowest BCUT2D eigenvalue weighted by atomic mass is 10.0. The van der Waals surface area contributed by atoms with E-state index in [1.54, 1.807) is 0 Å². The van der Waals surface area contributed by atoms with Gasteiger partial charge in [0.05, 0.1) is 16.5 Å². The lowest BCUT2D eigenvalue weighted by molar-refractivity contribution is -0.136. The summed E-state index contributed by atoms with van der Waals surface area (Å²) in [6.07, 6.45) is -4.61. The molecule has 1 aromatic heterocycles.